The first-order valence-corrected chi connectivity index (χ1v) is 6.82. The Morgan fingerprint density at radius 2 is 2.29 bits per heavy atom. The third-order valence-electron chi connectivity index (χ3n) is 3.44. The summed E-state index contributed by atoms with van der Waals surface area (Å²) in [6.07, 6.45) is 4.50. The molecule has 0 saturated carbocycles. The Balaban J connectivity index is 2.20. The van der Waals surface area contributed by atoms with E-state index in [2.05, 4.69) is 30.7 Å². The van der Waals surface area contributed by atoms with Crippen molar-refractivity contribution in [3.63, 3.8) is 0 Å². The van der Waals surface area contributed by atoms with Crippen LogP contribution < -0.4 is 0 Å². The lowest BCUT2D eigenvalue weighted by molar-refractivity contribution is 0.228. The topological polar surface area (TPSA) is 16.1 Å². The molecule has 0 N–H and O–H groups in total. The monoisotopic (exact) mass is 252 g/mol. The third-order valence-corrected chi connectivity index (χ3v) is 3.65. The molecule has 2 rings (SSSR count). The maximum atomic E-state index is 5.92. The van der Waals surface area contributed by atoms with Crippen LogP contribution in [0, 0.1) is 12.8 Å². The molecule has 1 aromatic rings. The predicted octanol–water partition coefficient (Wildman–Crippen LogP) is 3.84. The highest BCUT2D eigenvalue weighted by Crippen LogP contribution is 2.34. The Hall–Kier alpha value is -0.600. The summed E-state index contributed by atoms with van der Waals surface area (Å²) in [4.78, 5) is 6.82. The molecule has 0 unspecified atom stereocenters. The fraction of sp³-hybridized carbons (Fsp3) is 0.643. The molecule has 0 aromatic carbocycles. The molecule has 1 fully saturated rings. The number of hydrogen-bond acceptors (Lipinski definition) is 2. The molecule has 3 heteroatoms. The molecule has 0 radical (unpaired) electrons. The first kappa shape index (κ1) is 12.8. The summed E-state index contributed by atoms with van der Waals surface area (Å²) in [6.45, 7) is 9.08. The van der Waals surface area contributed by atoms with E-state index in [9.17, 15) is 0 Å². The Morgan fingerprint density at radius 3 is 2.94 bits per heavy atom. The molecular weight excluding hydrogens is 232 g/mol. The molecule has 1 aliphatic heterocycles. The minimum atomic E-state index is 0.544. The standard InChI is InChI=1S/C14H21ClN2/c1-10(2)9-17-6-4-5-13(17)12-8-16-14(15)7-11(12)3/h7-8,10,13H,4-6,9H2,1-3H3/t13-/m0/s1. The van der Waals surface area contributed by atoms with Gasteiger partial charge in [0.2, 0.25) is 0 Å². The second kappa shape index (κ2) is 5.36. The van der Waals surface area contributed by atoms with Crippen molar-refractivity contribution < 1.29 is 0 Å². The summed E-state index contributed by atoms with van der Waals surface area (Å²) >= 11 is 5.92. The average molecular weight is 253 g/mol. The van der Waals surface area contributed by atoms with Crippen LogP contribution in [0.25, 0.3) is 0 Å². The van der Waals surface area contributed by atoms with Crippen LogP contribution in [0.4, 0.5) is 0 Å². The number of aryl methyl sites for hydroxylation is 1. The van der Waals surface area contributed by atoms with Gasteiger partial charge in [0.25, 0.3) is 0 Å². The molecule has 0 aliphatic carbocycles. The molecule has 1 aliphatic rings. The van der Waals surface area contributed by atoms with E-state index in [4.69, 9.17) is 11.6 Å². The fourth-order valence-electron chi connectivity index (χ4n) is 2.75. The van der Waals surface area contributed by atoms with Crippen LogP contribution in [-0.2, 0) is 0 Å². The van der Waals surface area contributed by atoms with Crippen molar-refractivity contribution in [2.75, 3.05) is 13.1 Å². The SMILES string of the molecule is Cc1cc(Cl)ncc1[C@@H]1CCCN1CC(C)C. The molecule has 1 aromatic heterocycles. The van der Waals surface area contributed by atoms with E-state index in [1.807, 2.05) is 12.3 Å². The van der Waals surface area contributed by atoms with Gasteiger partial charge in [-0.25, -0.2) is 4.98 Å². The zero-order valence-corrected chi connectivity index (χ0v) is 11.7. The summed E-state index contributed by atoms with van der Waals surface area (Å²) in [6, 6.07) is 2.52. The number of pyridine rings is 1. The van der Waals surface area contributed by atoms with Gasteiger partial charge in [-0.15, -0.1) is 0 Å². The van der Waals surface area contributed by atoms with Crippen LogP contribution >= 0.6 is 11.6 Å². The highest BCUT2D eigenvalue weighted by Gasteiger charge is 2.27. The largest absolute Gasteiger partial charge is 0.296 e. The number of rotatable bonds is 3. The zero-order chi connectivity index (χ0) is 12.4. The normalized spacial score (nSPS) is 21.4. The van der Waals surface area contributed by atoms with E-state index < -0.39 is 0 Å². The van der Waals surface area contributed by atoms with Gasteiger partial charge in [0.15, 0.2) is 0 Å². The van der Waals surface area contributed by atoms with Gasteiger partial charge in [0.05, 0.1) is 0 Å². The van der Waals surface area contributed by atoms with Crippen molar-refractivity contribution in [3.8, 4) is 0 Å². The van der Waals surface area contributed by atoms with Gasteiger partial charge in [0.1, 0.15) is 5.15 Å². The molecule has 0 amide bonds. The predicted molar refractivity (Wildman–Crippen MR) is 72.4 cm³/mol. The lowest BCUT2D eigenvalue weighted by Crippen LogP contribution is -2.27. The molecular formula is C14H21ClN2. The third kappa shape index (κ3) is 2.99. The van der Waals surface area contributed by atoms with Crippen LogP contribution in [-0.4, -0.2) is 23.0 Å². The minimum absolute atomic E-state index is 0.544. The fourth-order valence-corrected chi connectivity index (χ4v) is 2.96. The second-order valence-electron chi connectivity index (χ2n) is 5.41. The van der Waals surface area contributed by atoms with Gasteiger partial charge in [-0.3, -0.25) is 4.90 Å². The second-order valence-corrected chi connectivity index (χ2v) is 5.80. The number of hydrogen-bond donors (Lipinski definition) is 0. The van der Waals surface area contributed by atoms with Gasteiger partial charge >= 0.3 is 0 Å². The van der Waals surface area contributed by atoms with Gasteiger partial charge < -0.3 is 0 Å². The summed E-state index contributed by atoms with van der Waals surface area (Å²) in [5, 5.41) is 0.597. The van der Waals surface area contributed by atoms with Gasteiger partial charge in [-0.1, -0.05) is 25.4 Å². The summed E-state index contributed by atoms with van der Waals surface area (Å²) in [5.74, 6) is 0.719. The molecule has 17 heavy (non-hydrogen) atoms. The van der Waals surface area contributed by atoms with Crippen LogP contribution in [0.5, 0.6) is 0 Å². The highest BCUT2D eigenvalue weighted by atomic mass is 35.5. The number of likely N-dealkylation sites (tertiary alicyclic amines) is 1. The van der Waals surface area contributed by atoms with E-state index in [1.165, 1.54) is 37.1 Å². The Morgan fingerprint density at radius 1 is 1.53 bits per heavy atom. The van der Waals surface area contributed by atoms with E-state index in [-0.39, 0.29) is 0 Å². The molecule has 2 heterocycles. The Bertz CT molecular complexity index is 390. The molecule has 1 saturated heterocycles. The number of aromatic nitrogens is 1. The minimum Gasteiger partial charge on any atom is -0.296 e. The van der Waals surface area contributed by atoms with Crippen LogP contribution in [0.15, 0.2) is 12.3 Å². The van der Waals surface area contributed by atoms with E-state index >= 15 is 0 Å². The summed E-state index contributed by atoms with van der Waals surface area (Å²) in [7, 11) is 0. The first-order valence-electron chi connectivity index (χ1n) is 6.44. The van der Waals surface area contributed by atoms with Crippen LogP contribution in [0.1, 0.15) is 43.9 Å². The van der Waals surface area contributed by atoms with Crippen LogP contribution in [0.3, 0.4) is 0 Å². The Labute approximate surface area is 109 Å². The maximum Gasteiger partial charge on any atom is 0.129 e. The summed E-state index contributed by atoms with van der Waals surface area (Å²) < 4.78 is 0. The molecule has 94 valence electrons. The van der Waals surface area contributed by atoms with Crippen molar-refractivity contribution in [1.82, 2.24) is 9.88 Å². The van der Waals surface area contributed by atoms with Crippen molar-refractivity contribution in [2.24, 2.45) is 5.92 Å². The first-order chi connectivity index (χ1) is 8.08. The number of nitrogens with zero attached hydrogens (tertiary/aromatic N) is 2. The highest BCUT2D eigenvalue weighted by molar-refractivity contribution is 6.29. The van der Waals surface area contributed by atoms with Crippen LogP contribution in [0.2, 0.25) is 5.15 Å². The van der Waals surface area contributed by atoms with Gasteiger partial charge in [0, 0.05) is 18.8 Å². The van der Waals surface area contributed by atoms with Crippen molar-refractivity contribution in [1.29, 1.82) is 0 Å². The van der Waals surface area contributed by atoms with E-state index in [0.717, 1.165) is 5.92 Å². The van der Waals surface area contributed by atoms with E-state index in [1.54, 1.807) is 0 Å². The van der Waals surface area contributed by atoms with Gasteiger partial charge in [-0.05, 0) is 49.4 Å². The summed E-state index contributed by atoms with van der Waals surface area (Å²) in [5.41, 5.74) is 2.62. The lowest BCUT2D eigenvalue weighted by atomic mass is 10.0. The zero-order valence-electron chi connectivity index (χ0n) is 10.9. The molecule has 0 spiro atoms. The average Bonchev–Trinajstić information content (AvgIpc) is 2.65. The van der Waals surface area contributed by atoms with Crippen molar-refractivity contribution in [2.45, 2.75) is 39.7 Å². The maximum absolute atomic E-state index is 5.92. The smallest absolute Gasteiger partial charge is 0.129 e. The van der Waals surface area contributed by atoms with Crippen molar-refractivity contribution in [3.05, 3.63) is 28.5 Å². The van der Waals surface area contributed by atoms with Gasteiger partial charge in [-0.2, -0.15) is 0 Å². The number of halogens is 1. The van der Waals surface area contributed by atoms with E-state index in [0.29, 0.717) is 11.2 Å². The Kier molecular flexibility index (Phi) is 4.05. The van der Waals surface area contributed by atoms with Crippen molar-refractivity contribution >= 4 is 11.6 Å². The quantitative estimate of drug-likeness (QED) is 0.760. The lowest BCUT2D eigenvalue weighted by Gasteiger charge is -2.27. The molecule has 0 bridgehead atoms. The molecule has 2 nitrogen and oxygen atoms in total. The molecule has 1 atom stereocenters.